The Kier molecular flexibility index (Phi) is 6.15. The summed E-state index contributed by atoms with van der Waals surface area (Å²) in [5, 5.41) is 20.7. The molecule has 0 fully saturated rings. The number of benzene rings is 1. The zero-order chi connectivity index (χ0) is 33.9. The van der Waals surface area contributed by atoms with Gasteiger partial charge in [0, 0.05) is 153 Å². The van der Waals surface area contributed by atoms with Gasteiger partial charge in [0.2, 0.25) is 0 Å². The molecule has 12 aromatic rings. The molecular weight excluding hydrogens is 714 g/mol. The van der Waals surface area contributed by atoms with Crippen molar-refractivity contribution in [3.63, 3.8) is 0 Å². The topological polar surface area (TPSA) is 90.2 Å². The number of aromatic nitrogens is 7. The number of nitrogens with zero attached hydrogens (tertiary/aromatic N) is 7. The fourth-order valence-corrected chi connectivity index (χ4v) is 25.2. The van der Waals surface area contributed by atoms with E-state index in [2.05, 4.69) is 104 Å². The Balaban J connectivity index is 1.16. The van der Waals surface area contributed by atoms with Crippen LogP contribution < -0.4 is 0 Å². The molecule has 1 aromatic carbocycles. The van der Waals surface area contributed by atoms with Crippen LogP contribution in [0.25, 0.3) is 95.4 Å². The molecule has 0 saturated heterocycles. The van der Waals surface area contributed by atoms with Gasteiger partial charge >= 0.3 is 0 Å². The lowest BCUT2D eigenvalue weighted by molar-refractivity contribution is 1.28. The predicted molar refractivity (Wildman–Crippen MR) is 222 cm³/mol. The van der Waals surface area contributed by atoms with E-state index in [0.717, 1.165) is 11.4 Å². The molecule has 0 saturated carbocycles. The largest absolute Gasteiger partial charge is 0.264 e. The Morgan fingerprint density at radius 2 is 0.596 bits per heavy atom. The van der Waals surface area contributed by atoms with Crippen LogP contribution in [0.3, 0.4) is 0 Å². The molecule has 52 heavy (non-hydrogen) atoms. The lowest BCUT2D eigenvalue weighted by Gasteiger charge is -2.08. The Labute approximate surface area is 299 Å². The molecule has 0 spiro atoms. The fraction of sp³-hybridized carbons (Fsp3) is 0. The van der Waals surface area contributed by atoms with Crippen LogP contribution in [-0.4, -0.2) is 34.9 Å². The number of fused-ring (bicyclic) bond motifs is 12. The van der Waals surface area contributed by atoms with Crippen LogP contribution in [0.4, 0.5) is 0 Å². The molecule has 0 amide bonds. The van der Waals surface area contributed by atoms with E-state index >= 15 is 0 Å². The highest BCUT2D eigenvalue weighted by atomic mass is 32.0. The van der Waals surface area contributed by atoms with Crippen molar-refractivity contribution in [2.75, 3.05) is 0 Å². The van der Waals surface area contributed by atoms with Crippen LogP contribution >= 0.6 is 28.9 Å². The summed E-state index contributed by atoms with van der Waals surface area (Å²) < 4.78 is 0. The first-order chi connectivity index (χ1) is 25.8. The van der Waals surface area contributed by atoms with E-state index in [1.165, 1.54) is 84.0 Å². The second-order valence-electron chi connectivity index (χ2n) is 12.9. The molecule has 0 bridgehead atoms. The number of hydrogen-bond donors (Lipinski definition) is 0. The summed E-state index contributed by atoms with van der Waals surface area (Å²) in [5.74, 6) is 0. The molecule has 11 aromatic heterocycles. The molecule has 242 valence electrons. The first-order valence-corrected chi connectivity index (χ1v) is 23.6. The predicted octanol–water partition coefficient (Wildman–Crippen LogP) is 12.9. The minimum absolute atomic E-state index is 0.694. The van der Waals surface area contributed by atoms with Gasteiger partial charge in [-0.15, -0.1) is 0 Å². The minimum atomic E-state index is -0.780. The Bertz CT molecular complexity index is 3110. The number of hydrogen-bond acceptors (Lipinski definition) is 7. The number of pyridine rings is 7. The molecule has 0 N–H and O–H groups in total. The Hall–Kier alpha value is -5.53. The second kappa shape index (κ2) is 11.0. The third-order valence-electron chi connectivity index (χ3n) is 10.3. The van der Waals surface area contributed by atoms with Crippen molar-refractivity contribution in [2.45, 2.75) is 0 Å². The van der Waals surface area contributed by atoms with Crippen LogP contribution in [0.5, 0.6) is 0 Å². The summed E-state index contributed by atoms with van der Waals surface area (Å²) in [7, 11) is -2.96. The van der Waals surface area contributed by atoms with Gasteiger partial charge in [-0.05, 0) is 53.9 Å². The second-order valence-corrected chi connectivity index (χ2v) is 24.1. The lowest BCUT2D eigenvalue weighted by Crippen LogP contribution is -1.86. The first-order valence-electron chi connectivity index (χ1n) is 16.8. The maximum atomic E-state index is 5.14. The highest BCUT2D eigenvalue weighted by Gasteiger charge is 2.23. The van der Waals surface area contributed by atoms with Gasteiger partial charge in [-0.2, -0.15) is 0 Å². The van der Waals surface area contributed by atoms with Crippen LogP contribution in [0.1, 0.15) is 0 Å². The quantitative estimate of drug-likeness (QED) is 0.178. The standard InChI is InChI=1S/C41H23N7P4/c1-2-4-34-24(3-1)25-17-42-10-5-35(25)49(34)51-38-8-13-45-20-28(38)30-22-47-32(15-40(30)51)33-16-41-31(23-48-33)29-21-46-14-9-39(29)52(41)50-36-6-11-43-18-26(36)27-19-44-12-7-37(27)50/h1-23H. The summed E-state index contributed by atoms with van der Waals surface area (Å²) in [4.78, 5) is 33.0. The summed E-state index contributed by atoms with van der Waals surface area (Å²) in [6, 6.07) is 24.7. The normalized spacial score (nSPS) is 13.3. The van der Waals surface area contributed by atoms with Crippen LogP contribution in [0.15, 0.2) is 141 Å². The molecule has 0 aliphatic heterocycles. The van der Waals surface area contributed by atoms with Gasteiger partial charge in [-0.25, -0.2) is 0 Å². The van der Waals surface area contributed by atoms with Crippen LogP contribution in [0, 0.1) is 0 Å². The fourth-order valence-electron chi connectivity index (χ4n) is 8.10. The van der Waals surface area contributed by atoms with E-state index in [1.807, 2.05) is 62.0 Å². The highest BCUT2D eigenvalue weighted by Crippen LogP contribution is 2.73. The van der Waals surface area contributed by atoms with Crippen molar-refractivity contribution in [1.82, 2.24) is 34.9 Å². The highest BCUT2D eigenvalue weighted by molar-refractivity contribution is 8.30. The van der Waals surface area contributed by atoms with E-state index in [1.54, 1.807) is 0 Å². The van der Waals surface area contributed by atoms with Gasteiger partial charge in [0.25, 0.3) is 0 Å². The van der Waals surface area contributed by atoms with Crippen LogP contribution in [-0.2, 0) is 0 Å². The molecule has 7 nitrogen and oxygen atoms in total. The molecular formula is C41H23N7P4. The zero-order valence-corrected chi connectivity index (χ0v) is 30.8. The van der Waals surface area contributed by atoms with E-state index in [9.17, 15) is 0 Å². The minimum Gasteiger partial charge on any atom is -0.264 e. The van der Waals surface area contributed by atoms with E-state index in [-0.39, 0.29) is 0 Å². The maximum absolute atomic E-state index is 5.14. The van der Waals surface area contributed by atoms with Crippen molar-refractivity contribution in [3.8, 4) is 11.4 Å². The van der Waals surface area contributed by atoms with Gasteiger partial charge in [0.05, 0.1) is 11.4 Å². The van der Waals surface area contributed by atoms with E-state index < -0.39 is 28.9 Å². The monoisotopic (exact) mass is 737 g/mol. The van der Waals surface area contributed by atoms with E-state index in [4.69, 9.17) is 9.97 Å². The van der Waals surface area contributed by atoms with Gasteiger partial charge in [0.15, 0.2) is 0 Å². The van der Waals surface area contributed by atoms with Gasteiger partial charge in [0.1, 0.15) is 0 Å². The molecule has 11 heterocycles. The van der Waals surface area contributed by atoms with Crippen LogP contribution in [0.2, 0.25) is 0 Å². The van der Waals surface area contributed by atoms with Gasteiger partial charge in [-0.1, -0.05) is 47.1 Å². The first kappa shape index (κ1) is 29.1. The summed E-state index contributed by atoms with van der Waals surface area (Å²) >= 11 is 0. The summed E-state index contributed by atoms with van der Waals surface area (Å²) in [6.07, 6.45) is 24.0. The third-order valence-corrected chi connectivity index (χ3v) is 25.4. The Morgan fingerprint density at radius 3 is 1.00 bits per heavy atom. The molecule has 3 unspecified atom stereocenters. The molecule has 0 aliphatic carbocycles. The SMILES string of the molecule is c1ccc2c(c1)c1cnccc1p2-p1c2ccncc2c2cnc(-c3cc4c(cn3)c3cnccc3p4-p3c4ccncc4c4cnccc43)cc21. The molecule has 11 heteroatoms. The van der Waals surface area contributed by atoms with Crippen molar-refractivity contribution >= 4 is 113 Å². The van der Waals surface area contributed by atoms with Crippen molar-refractivity contribution in [2.24, 2.45) is 0 Å². The third kappa shape index (κ3) is 3.92. The molecule has 12 rings (SSSR count). The Morgan fingerprint density at radius 1 is 0.288 bits per heavy atom. The average molecular weight is 738 g/mol. The van der Waals surface area contributed by atoms with Crippen molar-refractivity contribution in [1.29, 1.82) is 0 Å². The molecule has 0 aliphatic rings. The summed E-state index contributed by atoms with van der Waals surface area (Å²) in [6.45, 7) is 0. The van der Waals surface area contributed by atoms with E-state index in [0.29, 0.717) is 0 Å². The molecule has 3 atom stereocenters. The lowest BCUT2D eigenvalue weighted by atomic mass is 10.1. The van der Waals surface area contributed by atoms with Gasteiger partial charge in [-0.3, -0.25) is 34.9 Å². The van der Waals surface area contributed by atoms with Crippen molar-refractivity contribution in [3.05, 3.63) is 141 Å². The van der Waals surface area contributed by atoms with Crippen molar-refractivity contribution < 1.29 is 0 Å². The maximum Gasteiger partial charge on any atom is 0.0896 e. The summed E-state index contributed by atoms with van der Waals surface area (Å²) in [5.41, 5.74) is 1.81. The zero-order valence-electron chi connectivity index (χ0n) is 27.2. The smallest absolute Gasteiger partial charge is 0.0896 e. The van der Waals surface area contributed by atoms with Gasteiger partial charge < -0.3 is 0 Å². The molecule has 0 radical (unpaired) electrons. The average Bonchev–Trinajstić information content (AvgIpc) is 3.92. The number of rotatable bonds is 3.